The van der Waals surface area contributed by atoms with Gasteiger partial charge in [0, 0.05) is 48.7 Å². The van der Waals surface area contributed by atoms with Crippen LogP contribution in [-0.4, -0.2) is 89.0 Å². The van der Waals surface area contributed by atoms with E-state index in [2.05, 4.69) is 4.90 Å². The number of hydrogen-bond donors (Lipinski definition) is 2. The largest absolute Gasteiger partial charge is 0.395 e. The van der Waals surface area contributed by atoms with E-state index < -0.39 is 10.0 Å². The molecular formula is C24H33Cl2N3O5S. The Balaban J connectivity index is 1.80. The van der Waals surface area contributed by atoms with Crippen LogP contribution in [0.15, 0.2) is 41.3 Å². The van der Waals surface area contributed by atoms with E-state index in [0.29, 0.717) is 49.5 Å². The van der Waals surface area contributed by atoms with Gasteiger partial charge >= 0.3 is 0 Å². The molecule has 194 valence electrons. The standard InChI is InChI=1S/C24H33Cl2N3O5S/c1-28-16-22(21-14-19(25)15-24(26)23(21)17-28)18-3-2-4-20(13-18)35(31,32)29(6-8-30)7-10-34-12-11-33-9-5-27/h2-4,13-15,22,30H,5-12,16-17,27H2,1H3. The number of halogens is 2. The van der Waals surface area contributed by atoms with Gasteiger partial charge in [-0.25, -0.2) is 8.42 Å². The molecule has 0 saturated carbocycles. The lowest BCUT2D eigenvalue weighted by atomic mass is 9.85. The van der Waals surface area contributed by atoms with Gasteiger partial charge in [-0.15, -0.1) is 0 Å². The van der Waals surface area contributed by atoms with Crippen molar-refractivity contribution in [3.63, 3.8) is 0 Å². The second kappa shape index (κ2) is 13.3. The molecule has 0 saturated heterocycles. The molecule has 35 heavy (non-hydrogen) atoms. The minimum atomic E-state index is -3.85. The number of nitrogens with two attached hydrogens (primary N) is 1. The maximum Gasteiger partial charge on any atom is 0.243 e. The van der Waals surface area contributed by atoms with E-state index >= 15 is 0 Å². The summed E-state index contributed by atoms with van der Waals surface area (Å²) in [7, 11) is -1.85. The van der Waals surface area contributed by atoms with Gasteiger partial charge in [-0.1, -0.05) is 35.3 Å². The number of sulfonamides is 1. The van der Waals surface area contributed by atoms with Gasteiger partial charge in [0.1, 0.15) is 0 Å². The molecule has 2 aromatic rings. The van der Waals surface area contributed by atoms with Crippen LogP contribution in [0.5, 0.6) is 0 Å². The van der Waals surface area contributed by atoms with Gasteiger partial charge < -0.3 is 25.2 Å². The number of likely N-dealkylation sites (N-methyl/N-ethyl adjacent to an activating group) is 1. The Morgan fingerprint density at radius 1 is 1.11 bits per heavy atom. The number of hydrogen-bond acceptors (Lipinski definition) is 7. The average Bonchev–Trinajstić information content (AvgIpc) is 2.83. The zero-order valence-corrected chi connectivity index (χ0v) is 22.2. The summed E-state index contributed by atoms with van der Waals surface area (Å²) in [5.41, 5.74) is 8.23. The highest BCUT2D eigenvalue weighted by molar-refractivity contribution is 7.89. The molecule has 1 aliphatic rings. The Bertz CT molecular complexity index is 1090. The monoisotopic (exact) mass is 545 g/mol. The summed E-state index contributed by atoms with van der Waals surface area (Å²) in [5, 5.41) is 10.6. The topological polar surface area (TPSA) is 105 Å². The summed E-state index contributed by atoms with van der Waals surface area (Å²) in [6.45, 7) is 2.98. The van der Waals surface area contributed by atoms with E-state index in [4.69, 9.17) is 38.4 Å². The van der Waals surface area contributed by atoms with E-state index in [1.54, 1.807) is 24.3 Å². The van der Waals surface area contributed by atoms with Crippen LogP contribution in [0.1, 0.15) is 22.6 Å². The van der Waals surface area contributed by atoms with Gasteiger partial charge in [0.2, 0.25) is 10.0 Å². The summed E-state index contributed by atoms with van der Waals surface area (Å²) in [4.78, 5) is 2.32. The third kappa shape index (κ3) is 7.38. The Labute approximate surface area is 217 Å². The molecule has 8 nitrogen and oxygen atoms in total. The van der Waals surface area contributed by atoms with E-state index in [1.165, 1.54) is 4.31 Å². The molecule has 0 amide bonds. The van der Waals surface area contributed by atoms with Crippen molar-refractivity contribution in [2.24, 2.45) is 5.73 Å². The fourth-order valence-electron chi connectivity index (χ4n) is 4.21. The fourth-order valence-corrected chi connectivity index (χ4v) is 6.25. The first-order chi connectivity index (χ1) is 16.8. The molecule has 3 N–H and O–H groups in total. The SMILES string of the molecule is CN1Cc2c(Cl)cc(Cl)cc2C(c2cccc(S(=O)(=O)N(CCO)CCOCCOCCN)c2)C1. The molecule has 0 spiro atoms. The van der Waals surface area contributed by atoms with Crippen molar-refractivity contribution >= 4 is 33.2 Å². The third-order valence-corrected chi connectivity index (χ3v) is 8.31. The van der Waals surface area contributed by atoms with E-state index in [1.807, 2.05) is 19.2 Å². The normalized spacial score (nSPS) is 16.6. The first kappa shape index (κ1) is 28.3. The molecule has 0 bridgehead atoms. The Hall–Kier alpha value is -1.27. The van der Waals surface area contributed by atoms with Crippen LogP contribution < -0.4 is 5.73 Å². The van der Waals surface area contributed by atoms with Crippen LogP contribution in [-0.2, 0) is 26.0 Å². The highest BCUT2D eigenvalue weighted by atomic mass is 35.5. The molecule has 0 aromatic heterocycles. The first-order valence-corrected chi connectivity index (χ1v) is 13.7. The van der Waals surface area contributed by atoms with Crippen LogP contribution in [0.4, 0.5) is 0 Å². The summed E-state index contributed by atoms with van der Waals surface area (Å²) < 4.78 is 38.9. The van der Waals surface area contributed by atoms with Crippen molar-refractivity contribution in [3.8, 4) is 0 Å². The molecule has 0 fully saturated rings. The van der Waals surface area contributed by atoms with Crippen LogP contribution in [0, 0.1) is 0 Å². The van der Waals surface area contributed by atoms with Crippen LogP contribution in [0.3, 0.4) is 0 Å². The third-order valence-electron chi connectivity index (χ3n) is 5.86. The van der Waals surface area contributed by atoms with Crippen LogP contribution in [0.25, 0.3) is 0 Å². The predicted octanol–water partition coefficient (Wildman–Crippen LogP) is 2.55. The van der Waals surface area contributed by atoms with Crippen molar-refractivity contribution < 1.29 is 23.0 Å². The first-order valence-electron chi connectivity index (χ1n) is 11.5. The average molecular weight is 547 g/mol. The molecule has 1 aliphatic heterocycles. The maximum absolute atomic E-state index is 13.4. The second-order valence-electron chi connectivity index (χ2n) is 8.42. The second-order valence-corrected chi connectivity index (χ2v) is 11.2. The highest BCUT2D eigenvalue weighted by Gasteiger charge is 2.29. The lowest BCUT2D eigenvalue weighted by molar-refractivity contribution is 0.0465. The van der Waals surface area contributed by atoms with E-state index in [0.717, 1.165) is 16.7 Å². The fraction of sp³-hybridized carbons (Fsp3) is 0.500. The van der Waals surface area contributed by atoms with Crippen molar-refractivity contribution in [1.82, 2.24) is 9.21 Å². The highest BCUT2D eigenvalue weighted by Crippen LogP contribution is 2.39. The van der Waals surface area contributed by atoms with Gasteiger partial charge in [-0.05, 0) is 48.0 Å². The molecule has 0 aliphatic carbocycles. The van der Waals surface area contributed by atoms with E-state index in [9.17, 15) is 13.5 Å². The summed E-state index contributed by atoms with van der Waals surface area (Å²) in [6.07, 6.45) is 0. The molecule has 0 radical (unpaired) electrons. The lowest BCUT2D eigenvalue weighted by Gasteiger charge is -2.33. The van der Waals surface area contributed by atoms with Crippen molar-refractivity contribution in [2.75, 3.05) is 66.3 Å². The van der Waals surface area contributed by atoms with E-state index in [-0.39, 0.29) is 37.1 Å². The minimum Gasteiger partial charge on any atom is -0.395 e. The van der Waals surface area contributed by atoms with Crippen molar-refractivity contribution in [1.29, 1.82) is 0 Å². The number of ether oxygens (including phenoxy) is 2. The zero-order chi connectivity index (χ0) is 25.4. The number of aliphatic hydroxyl groups excluding tert-OH is 1. The minimum absolute atomic E-state index is 0.0280. The number of benzene rings is 2. The number of nitrogens with zero attached hydrogens (tertiary/aromatic N) is 2. The Kier molecular flexibility index (Phi) is 10.8. The van der Waals surface area contributed by atoms with Crippen LogP contribution >= 0.6 is 23.2 Å². The molecule has 1 atom stereocenters. The van der Waals surface area contributed by atoms with Crippen molar-refractivity contribution in [3.05, 3.63) is 63.1 Å². The number of rotatable bonds is 13. The molecule has 1 heterocycles. The van der Waals surface area contributed by atoms with Crippen molar-refractivity contribution in [2.45, 2.75) is 17.4 Å². The molecular weight excluding hydrogens is 513 g/mol. The summed E-state index contributed by atoms with van der Waals surface area (Å²) in [5.74, 6) is -0.0850. The number of aliphatic hydroxyl groups is 1. The van der Waals surface area contributed by atoms with Gasteiger partial charge in [-0.3, -0.25) is 0 Å². The van der Waals surface area contributed by atoms with Crippen LogP contribution in [0.2, 0.25) is 10.0 Å². The summed E-state index contributed by atoms with van der Waals surface area (Å²) >= 11 is 12.8. The smallest absolute Gasteiger partial charge is 0.243 e. The van der Waals surface area contributed by atoms with Gasteiger partial charge in [0.15, 0.2) is 0 Å². The molecule has 1 unspecified atom stereocenters. The lowest BCUT2D eigenvalue weighted by Crippen LogP contribution is -2.36. The van der Waals surface area contributed by atoms with Gasteiger partial charge in [0.25, 0.3) is 0 Å². The molecule has 2 aromatic carbocycles. The molecule has 3 rings (SSSR count). The number of fused-ring (bicyclic) bond motifs is 1. The quantitative estimate of drug-likeness (QED) is 0.372. The molecule has 11 heteroatoms. The Morgan fingerprint density at radius 2 is 1.86 bits per heavy atom. The van der Waals surface area contributed by atoms with Gasteiger partial charge in [0.05, 0.1) is 37.9 Å². The Morgan fingerprint density at radius 3 is 2.57 bits per heavy atom. The zero-order valence-electron chi connectivity index (χ0n) is 19.8. The maximum atomic E-state index is 13.4. The predicted molar refractivity (Wildman–Crippen MR) is 138 cm³/mol. The summed E-state index contributed by atoms with van der Waals surface area (Å²) in [6, 6.07) is 10.6. The van der Waals surface area contributed by atoms with Gasteiger partial charge in [-0.2, -0.15) is 4.31 Å².